The Morgan fingerprint density at radius 2 is 2.14 bits per heavy atom. The topological polar surface area (TPSA) is 56.1 Å². The molecule has 0 saturated heterocycles. The van der Waals surface area contributed by atoms with Crippen molar-refractivity contribution in [2.24, 2.45) is 7.05 Å². The first kappa shape index (κ1) is 18.2. The molecule has 0 spiro atoms. The van der Waals surface area contributed by atoms with Crippen molar-refractivity contribution in [1.29, 1.82) is 0 Å². The number of benzene rings is 2. The third-order valence-electron chi connectivity index (χ3n) is 5.21. The molecule has 0 aliphatic heterocycles. The Balaban J connectivity index is 1.60. The number of aromatic nitrogens is 2. The highest BCUT2D eigenvalue weighted by Gasteiger charge is 2.23. The average Bonchev–Trinajstić information content (AvgIpc) is 3.13. The molecule has 2 aromatic carbocycles. The van der Waals surface area contributed by atoms with Gasteiger partial charge < -0.3 is 14.6 Å². The van der Waals surface area contributed by atoms with Crippen LogP contribution < -0.4 is 10.1 Å². The molecule has 1 aliphatic rings. The SMILES string of the molecule is COc1ccc2c(c1)CCCC2NC(=O)c1cc(F)cc(-c2nccn2C)c1. The lowest BCUT2D eigenvalue weighted by Gasteiger charge is -2.27. The van der Waals surface area contributed by atoms with Crippen molar-refractivity contribution in [3.8, 4) is 17.1 Å². The monoisotopic (exact) mass is 379 g/mol. The normalized spacial score (nSPS) is 15.8. The lowest BCUT2D eigenvalue weighted by molar-refractivity contribution is 0.0932. The van der Waals surface area contributed by atoms with Gasteiger partial charge in [-0.15, -0.1) is 0 Å². The number of amides is 1. The number of aryl methyl sites for hydroxylation is 2. The van der Waals surface area contributed by atoms with Crippen LogP contribution in [0, 0.1) is 5.82 Å². The van der Waals surface area contributed by atoms with E-state index in [0.717, 1.165) is 30.6 Å². The Kier molecular flexibility index (Phi) is 4.86. The van der Waals surface area contributed by atoms with Crippen LogP contribution in [0.1, 0.15) is 40.4 Å². The molecule has 5 nitrogen and oxygen atoms in total. The fourth-order valence-corrected chi connectivity index (χ4v) is 3.80. The largest absolute Gasteiger partial charge is 0.497 e. The maximum Gasteiger partial charge on any atom is 0.251 e. The predicted molar refractivity (Wildman–Crippen MR) is 105 cm³/mol. The van der Waals surface area contributed by atoms with Gasteiger partial charge in [0.15, 0.2) is 0 Å². The van der Waals surface area contributed by atoms with Gasteiger partial charge in [0.25, 0.3) is 5.91 Å². The molecule has 0 fully saturated rings. The Labute approximate surface area is 163 Å². The number of nitrogens with zero attached hydrogens (tertiary/aromatic N) is 2. The van der Waals surface area contributed by atoms with Gasteiger partial charge in [0, 0.05) is 30.6 Å². The molecule has 6 heteroatoms. The number of imidazole rings is 1. The summed E-state index contributed by atoms with van der Waals surface area (Å²) in [5, 5.41) is 3.07. The van der Waals surface area contributed by atoms with Gasteiger partial charge in [-0.3, -0.25) is 4.79 Å². The van der Waals surface area contributed by atoms with Crippen LogP contribution in [-0.4, -0.2) is 22.6 Å². The summed E-state index contributed by atoms with van der Waals surface area (Å²) < 4.78 is 21.3. The van der Waals surface area contributed by atoms with Crippen LogP contribution in [0.25, 0.3) is 11.4 Å². The van der Waals surface area contributed by atoms with Crippen LogP contribution in [0.3, 0.4) is 0 Å². The number of nitrogens with one attached hydrogen (secondary N) is 1. The van der Waals surface area contributed by atoms with Crippen molar-refractivity contribution in [2.75, 3.05) is 7.11 Å². The Hall–Kier alpha value is -3.15. The van der Waals surface area contributed by atoms with Gasteiger partial charge in [-0.05, 0) is 60.7 Å². The van der Waals surface area contributed by atoms with E-state index in [2.05, 4.69) is 10.3 Å². The van der Waals surface area contributed by atoms with Gasteiger partial charge in [0.1, 0.15) is 17.4 Å². The molecule has 1 aliphatic carbocycles. The molecular formula is C22H22FN3O2. The molecule has 0 bridgehead atoms. The van der Waals surface area contributed by atoms with Crippen LogP contribution in [0.5, 0.6) is 5.75 Å². The van der Waals surface area contributed by atoms with E-state index in [1.54, 1.807) is 30.1 Å². The predicted octanol–water partition coefficient (Wildman–Crippen LogP) is 4.04. The molecule has 1 amide bonds. The summed E-state index contributed by atoms with van der Waals surface area (Å²) in [5.41, 5.74) is 3.15. The molecule has 0 radical (unpaired) electrons. The minimum absolute atomic E-state index is 0.0953. The quantitative estimate of drug-likeness (QED) is 0.744. The Morgan fingerprint density at radius 3 is 2.89 bits per heavy atom. The molecule has 1 atom stereocenters. The van der Waals surface area contributed by atoms with Crippen LogP contribution in [0.2, 0.25) is 0 Å². The first-order valence-electron chi connectivity index (χ1n) is 9.31. The average molecular weight is 379 g/mol. The second-order valence-corrected chi connectivity index (χ2v) is 7.07. The number of carbonyl (C=O) groups is 1. The van der Waals surface area contributed by atoms with Gasteiger partial charge in [-0.2, -0.15) is 0 Å². The molecule has 144 valence electrons. The molecule has 1 unspecified atom stereocenters. The second-order valence-electron chi connectivity index (χ2n) is 7.07. The van der Waals surface area contributed by atoms with Gasteiger partial charge in [-0.25, -0.2) is 9.37 Å². The van der Waals surface area contributed by atoms with Gasteiger partial charge in [0.2, 0.25) is 0 Å². The first-order valence-corrected chi connectivity index (χ1v) is 9.31. The minimum Gasteiger partial charge on any atom is -0.497 e. The molecule has 3 aromatic rings. The van der Waals surface area contributed by atoms with Crippen LogP contribution in [-0.2, 0) is 13.5 Å². The van der Waals surface area contributed by atoms with Crippen molar-refractivity contribution < 1.29 is 13.9 Å². The minimum atomic E-state index is -0.459. The zero-order chi connectivity index (χ0) is 19.7. The fourth-order valence-electron chi connectivity index (χ4n) is 3.80. The number of methoxy groups -OCH3 is 1. The lowest BCUT2D eigenvalue weighted by atomic mass is 9.87. The number of halogens is 1. The van der Waals surface area contributed by atoms with Crippen molar-refractivity contribution in [1.82, 2.24) is 14.9 Å². The summed E-state index contributed by atoms with van der Waals surface area (Å²) in [6.07, 6.45) is 6.22. The molecule has 1 aromatic heterocycles. The summed E-state index contributed by atoms with van der Waals surface area (Å²) in [6, 6.07) is 10.2. The number of ether oxygens (including phenoxy) is 1. The first-order chi connectivity index (χ1) is 13.5. The number of rotatable bonds is 4. The van der Waals surface area contributed by atoms with Gasteiger partial charge in [-0.1, -0.05) is 6.07 Å². The van der Waals surface area contributed by atoms with E-state index in [1.165, 1.54) is 17.7 Å². The zero-order valence-electron chi connectivity index (χ0n) is 15.9. The summed E-state index contributed by atoms with van der Waals surface area (Å²) in [7, 11) is 3.48. The van der Waals surface area contributed by atoms with Crippen molar-refractivity contribution in [3.05, 3.63) is 71.3 Å². The summed E-state index contributed by atoms with van der Waals surface area (Å²) in [6.45, 7) is 0. The van der Waals surface area contributed by atoms with E-state index in [9.17, 15) is 9.18 Å². The fraction of sp³-hybridized carbons (Fsp3) is 0.273. The smallest absolute Gasteiger partial charge is 0.251 e. The van der Waals surface area contributed by atoms with E-state index in [0.29, 0.717) is 17.0 Å². The molecule has 1 N–H and O–H groups in total. The highest BCUT2D eigenvalue weighted by molar-refractivity contribution is 5.95. The Morgan fingerprint density at radius 1 is 1.29 bits per heavy atom. The van der Waals surface area contributed by atoms with Crippen molar-refractivity contribution in [2.45, 2.75) is 25.3 Å². The molecule has 4 rings (SSSR count). The highest BCUT2D eigenvalue weighted by Crippen LogP contribution is 2.32. The van der Waals surface area contributed by atoms with E-state index in [4.69, 9.17) is 4.74 Å². The maximum absolute atomic E-state index is 14.2. The van der Waals surface area contributed by atoms with Crippen LogP contribution >= 0.6 is 0 Å². The van der Waals surface area contributed by atoms with E-state index < -0.39 is 5.82 Å². The standard InChI is InChI=1S/C22H22FN3O2/c1-26-9-8-24-21(26)15-10-16(12-17(23)11-15)22(27)25-20-5-3-4-14-13-18(28-2)6-7-19(14)20/h6-13,20H,3-5H2,1-2H3,(H,25,27). The molecule has 1 heterocycles. The second kappa shape index (κ2) is 7.46. The van der Waals surface area contributed by atoms with E-state index in [1.807, 2.05) is 25.2 Å². The summed E-state index contributed by atoms with van der Waals surface area (Å²) in [4.78, 5) is 17.1. The Bertz CT molecular complexity index is 1030. The third kappa shape index (κ3) is 3.50. The van der Waals surface area contributed by atoms with E-state index >= 15 is 0 Å². The maximum atomic E-state index is 14.2. The zero-order valence-corrected chi connectivity index (χ0v) is 15.9. The number of hydrogen-bond donors (Lipinski definition) is 1. The number of fused-ring (bicyclic) bond motifs is 1. The number of hydrogen-bond acceptors (Lipinski definition) is 3. The van der Waals surface area contributed by atoms with Gasteiger partial charge in [0.05, 0.1) is 13.2 Å². The van der Waals surface area contributed by atoms with E-state index in [-0.39, 0.29) is 11.9 Å². The molecular weight excluding hydrogens is 357 g/mol. The molecule has 0 saturated carbocycles. The summed E-state index contributed by atoms with van der Waals surface area (Å²) >= 11 is 0. The number of carbonyl (C=O) groups excluding carboxylic acids is 1. The summed E-state index contributed by atoms with van der Waals surface area (Å²) in [5.74, 6) is 0.683. The van der Waals surface area contributed by atoms with Crippen LogP contribution in [0.4, 0.5) is 4.39 Å². The van der Waals surface area contributed by atoms with Crippen LogP contribution in [0.15, 0.2) is 48.8 Å². The highest BCUT2D eigenvalue weighted by atomic mass is 19.1. The van der Waals surface area contributed by atoms with Gasteiger partial charge >= 0.3 is 0 Å². The van der Waals surface area contributed by atoms with Crippen molar-refractivity contribution >= 4 is 5.91 Å². The van der Waals surface area contributed by atoms with Crippen molar-refractivity contribution in [3.63, 3.8) is 0 Å². The lowest BCUT2D eigenvalue weighted by Crippen LogP contribution is -2.31. The third-order valence-corrected chi connectivity index (χ3v) is 5.21. The molecule has 28 heavy (non-hydrogen) atoms.